The van der Waals surface area contributed by atoms with Crippen molar-refractivity contribution in [1.82, 2.24) is 19.9 Å². The number of nitrogens with zero attached hydrogens (tertiary/aromatic N) is 7. The fraction of sp³-hybridized carbons (Fsp3) is 0.0577. The average molecular weight is 1500 g/mol. The molecule has 0 bridgehead atoms. The van der Waals surface area contributed by atoms with E-state index in [1.54, 1.807) is 0 Å². The van der Waals surface area contributed by atoms with E-state index in [0.29, 0.717) is 10.3 Å². The second-order valence-electron chi connectivity index (χ2n) is 27.9. The van der Waals surface area contributed by atoms with Crippen LogP contribution in [0.25, 0.3) is 22.5 Å². The van der Waals surface area contributed by atoms with Crippen molar-refractivity contribution >= 4 is 74.4 Å². The van der Waals surface area contributed by atoms with Gasteiger partial charge in [0, 0.05) is 28.2 Å². The molecule has 0 fully saturated rings. The molecule has 113 heavy (non-hydrogen) atoms. The Labute approximate surface area is 672 Å². The summed E-state index contributed by atoms with van der Waals surface area (Å²) in [5.74, 6) is 0. The molecule has 9 heteroatoms. The highest BCUT2D eigenvalue weighted by atomic mass is 35.5. The number of aryl methyl sites for hydroxylation is 1. The lowest BCUT2D eigenvalue weighted by molar-refractivity contribution is 0.731. The standard InChI is InChI=1S/C66H46N4.C32H25N.C4H2Cl2N2.2CH4/c1-5-21-49(22-6-1)65(50-23-7-2-8-24-50)55-29-13-17-33-61(55)69(62-34-18-14-30-56(62)65)53-41-37-47(38-42-53)59-45-67-46-60(68-59)48-39-43-54(44-40-48)70-63-35-19-15-31-57(63)66(51-25-9-3-10-26-51,52-27-11-4-12-28-52)58-32-16-20-36-64(58)70;1-24-20-22-27(23-21-24)33-30-18-10-8-16-28(30)32(25-12-4-2-5-13-25,26-14-6-3-7-15-26)29-17-9-11-19-31(29)33;5-3-1-7-2-4(6)8-3;;/h1-46H;2-23H,1H3;1-2H;2*1H4. The fourth-order valence-corrected chi connectivity index (χ4v) is 17.6. The maximum Gasteiger partial charge on any atom is 0.149 e. The minimum Gasteiger partial charge on any atom is -0.310 e. The molecule has 546 valence electrons. The van der Waals surface area contributed by atoms with Gasteiger partial charge in [-0.25, -0.2) is 9.97 Å². The maximum atomic E-state index is 5.39. The summed E-state index contributed by atoms with van der Waals surface area (Å²) < 4.78 is 0. The summed E-state index contributed by atoms with van der Waals surface area (Å²) in [7, 11) is 0. The van der Waals surface area contributed by atoms with Gasteiger partial charge in [-0.1, -0.05) is 371 Å². The van der Waals surface area contributed by atoms with Crippen LogP contribution in [0.2, 0.25) is 10.3 Å². The van der Waals surface area contributed by atoms with Crippen LogP contribution in [0.5, 0.6) is 0 Å². The van der Waals surface area contributed by atoms with Crippen LogP contribution in [0.3, 0.4) is 0 Å². The molecule has 0 saturated carbocycles. The van der Waals surface area contributed by atoms with Crippen molar-refractivity contribution < 1.29 is 0 Å². The lowest BCUT2D eigenvalue weighted by atomic mass is 9.62. The molecule has 3 aliphatic rings. The topological polar surface area (TPSA) is 61.3 Å². The molecular formula is C104H81Cl2N7. The van der Waals surface area contributed by atoms with Gasteiger partial charge in [-0.05, 0) is 146 Å². The van der Waals surface area contributed by atoms with E-state index in [4.69, 9.17) is 33.2 Å². The predicted octanol–water partition coefficient (Wildman–Crippen LogP) is 27.4. The first-order chi connectivity index (χ1) is 54.8. The predicted molar refractivity (Wildman–Crippen MR) is 469 cm³/mol. The first-order valence-electron chi connectivity index (χ1n) is 37.4. The normalized spacial score (nSPS) is 13.3. The first kappa shape index (κ1) is 73.6. The lowest BCUT2D eigenvalue weighted by Crippen LogP contribution is -2.37. The van der Waals surface area contributed by atoms with E-state index in [0.717, 1.165) is 56.6 Å². The third kappa shape index (κ3) is 12.9. The van der Waals surface area contributed by atoms with E-state index >= 15 is 0 Å². The number of fused-ring (bicyclic) bond motifs is 6. The Morgan fingerprint density at radius 2 is 0.425 bits per heavy atom. The zero-order valence-electron chi connectivity index (χ0n) is 60.8. The summed E-state index contributed by atoms with van der Waals surface area (Å²) in [5, 5.41) is 0.634. The van der Waals surface area contributed by atoms with Gasteiger partial charge >= 0.3 is 0 Å². The molecule has 7 nitrogen and oxygen atoms in total. The first-order valence-corrected chi connectivity index (χ1v) is 38.1. The smallest absolute Gasteiger partial charge is 0.149 e. The molecule has 0 aliphatic carbocycles. The molecule has 0 amide bonds. The van der Waals surface area contributed by atoms with E-state index in [2.05, 4.69) is 432 Å². The van der Waals surface area contributed by atoms with Crippen LogP contribution in [0.1, 0.15) is 87.2 Å². The van der Waals surface area contributed by atoms with E-state index in [1.165, 1.54) is 102 Å². The number of para-hydroxylation sites is 6. The highest BCUT2D eigenvalue weighted by Crippen LogP contribution is 2.61. The van der Waals surface area contributed by atoms with Gasteiger partial charge in [-0.3, -0.25) is 9.97 Å². The zero-order chi connectivity index (χ0) is 74.7. The maximum absolute atomic E-state index is 5.39. The van der Waals surface area contributed by atoms with Crippen molar-refractivity contribution in [2.24, 2.45) is 0 Å². The third-order valence-electron chi connectivity index (χ3n) is 21.9. The molecule has 0 N–H and O–H groups in total. The van der Waals surface area contributed by atoms with Gasteiger partial charge in [0.1, 0.15) is 10.3 Å². The Morgan fingerprint density at radius 3 is 0.646 bits per heavy atom. The van der Waals surface area contributed by atoms with E-state index in [1.807, 2.05) is 12.4 Å². The molecule has 0 atom stereocenters. The summed E-state index contributed by atoms with van der Waals surface area (Å²) in [6, 6.07) is 145. The molecule has 0 spiro atoms. The molecule has 20 rings (SSSR count). The average Bonchev–Trinajstić information content (AvgIpc) is 0.709. The quantitative estimate of drug-likeness (QED) is 0.128. The van der Waals surface area contributed by atoms with Crippen molar-refractivity contribution in [2.45, 2.75) is 38.0 Å². The number of benzene rings is 15. The van der Waals surface area contributed by atoms with Crippen molar-refractivity contribution in [1.29, 1.82) is 0 Å². The number of anilines is 9. The van der Waals surface area contributed by atoms with Crippen molar-refractivity contribution in [3.05, 3.63) is 508 Å². The molecule has 0 unspecified atom stereocenters. The van der Waals surface area contributed by atoms with Crippen LogP contribution in [-0.2, 0) is 16.2 Å². The summed E-state index contributed by atoms with van der Waals surface area (Å²) in [5.41, 5.74) is 28.8. The van der Waals surface area contributed by atoms with Gasteiger partial charge in [-0.15, -0.1) is 0 Å². The van der Waals surface area contributed by atoms with Gasteiger partial charge in [-0.2, -0.15) is 0 Å². The van der Waals surface area contributed by atoms with E-state index in [-0.39, 0.29) is 14.9 Å². The summed E-state index contributed by atoms with van der Waals surface area (Å²) in [4.78, 5) is 24.5. The number of rotatable bonds is 11. The van der Waals surface area contributed by atoms with E-state index < -0.39 is 16.2 Å². The number of hydrogen-bond acceptors (Lipinski definition) is 7. The van der Waals surface area contributed by atoms with Gasteiger partial charge in [0.2, 0.25) is 0 Å². The zero-order valence-corrected chi connectivity index (χ0v) is 62.3. The van der Waals surface area contributed by atoms with Crippen molar-refractivity contribution in [2.75, 3.05) is 14.7 Å². The Kier molecular flexibility index (Phi) is 20.7. The summed E-state index contributed by atoms with van der Waals surface area (Å²) in [6.45, 7) is 2.14. The fourth-order valence-electron chi connectivity index (χ4n) is 17.3. The van der Waals surface area contributed by atoms with Crippen LogP contribution in [0.15, 0.2) is 425 Å². The monoisotopic (exact) mass is 1500 g/mol. The molecule has 15 aromatic carbocycles. The minimum atomic E-state index is -0.514. The molecule has 3 aliphatic heterocycles. The second-order valence-corrected chi connectivity index (χ2v) is 28.7. The van der Waals surface area contributed by atoms with Gasteiger partial charge in [0.05, 0.1) is 86.5 Å². The Bertz CT molecular complexity index is 5610. The molecule has 5 heterocycles. The van der Waals surface area contributed by atoms with Crippen molar-refractivity contribution in [3.63, 3.8) is 0 Å². The number of aromatic nitrogens is 4. The summed E-state index contributed by atoms with van der Waals surface area (Å²) >= 11 is 10.8. The second kappa shape index (κ2) is 31.8. The Balaban J connectivity index is 0.000000185. The van der Waals surface area contributed by atoms with Crippen LogP contribution in [0.4, 0.5) is 51.2 Å². The number of halogens is 2. The third-order valence-corrected chi connectivity index (χ3v) is 22.2. The largest absolute Gasteiger partial charge is 0.310 e. The van der Waals surface area contributed by atoms with Crippen LogP contribution >= 0.6 is 23.2 Å². The Hall–Kier alpha value is -13.6. The number of hydrogen-bond donors (Lipinski definition) is 0. The van der Waals surface area contributed by atoms with Crippen molar-refractivity contribution in [3.8, 4) is 22.5 Å². The molecule has 2 aromatic heterocycles. The highest BCUT2D eigenvalue weighted by molar-refractivity contribution is 6.32. The molecule has 0 radical (unpaired) electrons. The minimum absolute atomic E-state index is 0. The van der Waals surface area contributed by atoms with E-state index in [9.17, 15) is 0 Å². The lowest BCUT2D eigenvalue weighted by Gasteiger charge is -2.46. The summed E-state index contributed by atoms with van der Waals surface area (Å²) in [6.07, 6.45) is 6.57. The van der Waals surface area contributed by atoms with Gasteiger partial charge < -0.3 is 14.7 Å². The Morgan fingerprint density at radius 1 is 0.221 bits per heavy atom. The highest BCUT2D eigenvalue weighted by Gasteiger charge is 2.49. The molecule has 17 aromatic rings. The van der Waals surface area contributed by atoms with Gasteiger partial charge in [0.25, 0.3) is 0 Å². The molecule has 0 saturated heterocycles. The van der Waals surface area contributed by atoms with Crippen LogP contribution in [0, 0.1) is 6.92 Å². The van der Waals surface area contributed by atoms with Crippen LogP contribution < -0.4 is 14.7 Å². The van der Waals surface area contributed by atoms with Crippen LogP contribution in [-0.4, -0.2) is 19.9 Å². The molecular weight excluding hydrogens is 1420 g/mol. The SMILES string of the molecule is C.C.Cc1ccc(N2c3ccccc3C(c3ccccc3)(c3ccccc3)c3ccccc32)cc1.Clc1cncc(Cl)n1.c1ccc(C2(c3ccccc3)c3ccccc3N(c3ccc(-c4cncc(-c5ccc(N6c7ccccc7C(c7ccccc7)(c7ccccc7)c7ccccc76)cc5)n4)cc3)c3ccccc32)cc1. The van der Waals surface area contributed by atoms with Gasteiger partial charge in [0.15, 0.2) is 0 Å².